The van der Waals surface area contributed by atoms with E-state index in [1.807, 2.05) is 0 Å². The van der Waals surface area contributed by atoms with Gasteiger partial charge in [-0.3, -0.25) is 23.9 Å². The monoisotopic (exact) mass is 843 g/mol. The number of carbonyl (C=O) groups excluding carboxylic acids is 2. The molecule has 1 saturated heterocycles. The van der Waals surface area contributed by atoms with Gasteiger partial charge in [0.05, 0.1) is 42.7 Å². The molecule has 16 nitrogen and oxygen atoms in total. The number of aliphatic hydroxyl groups excluding tert-OH is 1. The van der Waals surface area contributed by atoms with Crippen LogP contribution in [0.25, 0.3) is 0 Å². The molecular formula is C29H38BrCl3N7O9P. The van der Waals surface area contributed by atoms with Gasteiger partial charge in [0.2, 0.25) is 5.91 Å². The van der Waals surface area contributed by atoms with Gasteiger partial charge in [0.1, 0.15) is 11.5 Å². The van der Waals surface area contributed by atoms with Gasteiger partial charge in [-0.1, -0.05) is 11.6 Å². The fourth-order valence-corrected chi connectivity index (χ4v) is 8.09. The Bertz CT molecular complexity index is 1580. The highest BCUT2D eigenvalue weighted by atomic mass is 79.9. The van der Waals surface area contributed by atoms with Crippen molar-refractivity contribution in [2.45, 2.75) is 25.0 Å². The molecule has 9 N–H and O–H groups in total. The largest absolute Gasteiger partial charge is 0.508 e. The van der Waals surface area contributed by atoms with Gasteiger partial charge < -0.3 is 46.2 Å². The topological polar surface area (TPSA) is 234 Å². The fourth-order valence-electron chi connectivity index (χ4n) is 4.62. The van der Waals surface area contributed by atoms with Crippen molar-refractivity contribution in [2.24, 2.45) is 4.99 Å². The predicted molar refractivity (Wildman–Crippen MR) is 194 cm³/mol. The number of carbonyl (C=O) groups is 3. The normalized spacial score (nSPS) is 19.2. The molecule has 50 heavy (non-hydrogen) atoms. The van der Waals surface area contributed by atoms with Crippen LogP contribution >= 0.6 is 58.4 Å². The molecule has 4 rings (SSSR count). The van der Waals surface area contributed by atoms with E-state index >= 15 is 0 Å². The predicted octanol–water partition coefficient (Wildman–Crippen LogP) is 3.19. The van der Waals surface area contributed by atoms with E-state index in [9.17, 15) is 39.4 Å². The first-order chi connectivity index (χ1) is 23.7. The number of nitrogens with zero attached hydrogens (tertiary/aromatic N) is 2. The van der Waals surface area contributed by atoms with Crippen LogP contribution in [0.15, 0.2) is 39.8 Å². The zero-order valence-corrected chi connectivity index (χ0v) is 31.3. The number of β-amino-alcohol motifs (C(OH)–C–C–N with tert-alkyl or cyclic N) is 1. The number of carboxylic acid groups (broad SMARTS) is 1. The standard InChI is InChI=1S/C22H23BrClN5O7.C7H15Cl2N2O2P/c23-16-4-11(24)3-15(20(16)35)17(6-19(33)34)29-18(32)9-25-21(36)10-1-12(5-13(30)2-10)28-22-26-7-14(31)8-27-22;8-2-5-11(6-3-9)14(12)10-4-1-7-13-14/h1-5,14,17,30-31,35H,6-9H2,(H,25,36)(H,29,32)(H,33,34)(H2,26,27,28);1-7H2,(H,10,12). The minimum atomic E-state index is -2.84. The third kappa shape index (κ3) is 13.0. The zero-order valence-electron chi connectivity index (χ0n) is 26.5. The molecule has 0 aliphatic carbocycles. The minimum absolute atomic E-state index is 0.0419. The average Bonchev–Trinajstić information content (AvgIpc) is 3.06. The van der Waals surface area contributed by atoms with Crippen molar-refractivity contribution in [1.29, 1.82) is 0 Å². The van der Waals surface area contributed by atoms with Crippen LogP contribution in [-0.4, -0.2) is 113 Å². The lowest BCUT2D eigenvalue weighted by Crippen LogP contribution is -2.42. The number of carboxylic acids is 1. The summed E-state index contributed by atoms with van der Waals surface area (Å²) < 4.78 is 19.4. The number of aliphatic carboxylic acids is 1. The highest BCUT2D eigenvalue weighted by molar-refractivity contribution is 9.10. The van der Waals surface area contributed by atoms with Crippen molar-refractivity contribution in [3.05, 3.63) is 51.0 Å². The molecule has 0 bridgehead atoms. The van der Waals surface area contributed by atoms with Gasteiger partial charge in [-0.15, -0.1) is 23.2 Å². The molecule has 2 heterocycles. The smallest absolute Gasteiger partial charge is 0.343 e. The Morgan fingerprint density at radius 2 is 1.86 bits per heavy atom. The summed E-state index contributed by atoms with van der Waals surface area (Å²) in [6, 6.07) is 5.62. The van der Waals surface area contributed by atoms with Gasteiger partial charge in [0.15, 0.2) is 5.96 Å². The van der Waals surface area contributed by atoms with Crippen molar-refractivity contribution in [2.75, 3.05) is 63.0 Å². The third-order valence-corrected chi connectivity index (χ3v) is 10.4. The Hall–Kier alpha value is -2.86. The highest BCUT2D eigenvalue weighted by Gasteiger charge is 2.33. The Morgan fingerprint density at radius 1 is 1.14 bits per heavy atom. The summed E-state index contributed by atoms with van der Waals surface area (Å²) >= 11 is 20.4. The SMILES string of the molecule is O=C(O)CC(NC(=O)CNC(=O)c1cc(O)cc(NC2=NCC(O)CN2)c1)c1cc(Cl)cc(Br)c1O.O=P1(N(CCCl)CCCl)NCCCO1. The van der Waals surface area contributed by atoms with Crippen LogP contribution in [0.3, 0.4) is 0 Å². The van der Waals surface area contributed by atoms with Crippen LogP contribution in [-0.2, 0) is 18.7 Å². The van der Waals surface area contributed by atoms with Crippen LogP contribution in [0.5, 0.6) is 11.5 Å². The lowest BCUT2D eigenvalue weighted by molar-refractivity contribution is -0.137. The molecule has 2 aromatic carbocycles. The van der Waals surface area contributed by atoms with Gasteiger partial charge in [-0.2, -0.15) is 0 Å². The number of phenols is 2. The van der Waals surface area contributed by atoms with Crippen LogP contribution in [0.1, 0.15) is 34.8 Å². The van der Waals surface area contributed by atoms with Gasteiger partial charge >= 0.3 is 13.6 Å². The minimum Gasteiger partial charge on any atom is -0.508 e. The molecule has 3 unspecified atom stereocenters. The molecule has 2 aliphatic rings. The van der Waals surface area contributed by atoms with E-state index in [0.717, 1.165) is 13.0 Å². The number of aliphatic hydroxyl groups is 1. The molecule has 276 valence electrons. The highest BCUT2D eigenvalue weighted by Crippen LogP contribution is 2.48. The molecule has 21 heteroatoms. The number of hydrogen-bond donors (Lipinski definition) is 9. The van der Waals surface area contributed by atoms with Crippen molar-refractivity contribution < 1.29 is 43.9 Å². The number of alkyl halides is 2. The molecule has 2 amide bonds. The number of rotatable bonds is 13. The third-order valence-electron chi connectivity index (χ3n) is 6.92. The van der Waals surface area contributed by atoms with Crippen LogP contribution < -0.4 is 26.4 Å². The number of phenolic OH excluding ortho intramolecular Hbond substituents is 2. The summed E-state index contributed by atoms with van der Waals surface area (Å²) in [4.78, 5) is 40.5. The molecule has 2 aromatic rings. The van der Waals surface area contributed by atoms with Gasteiger partial charge in [-0.05, 0) is 46.6 Å². The summed E-state index contributed by atoms with van der Waals surface area (Å²) in [5, 5.41) is 52.8. The van der Waals surface area contributed by atoms with E-state index in [1.165, 1.54) is 30.3 Å². The number of nitrogens with one attached hydrogen (secondary N) is 5. The number of hydrogen-bond acceptors (Lipinski definition) is 11. The average molecular weight is 846 g/mol. The quantitative estimate of drug-likeness (QED) is 0.104. The van der Waals surface area contributed by atoms with E-state index < -0.39 is 50.6 Å². The summed E-state index contributed by atoms with van der Waals surface area (Å²) in [5.74, 6) is -1.92. The van der Waals surface area contributed by atoms with E-state index in [0.29, 0.717) is 49.6 Å². The molecule has 0 spiro atoms. The molecule has 0 saturated carbocycles. The number of anilines is 1. The number of amides is 2. The number of aliphatic imine (C=N–C) groups is 1. The Balaban J connectivity index is 0.000000403. The van der Waals surface area contributed by atoms with Crippen molar-refractivity contribution >= 4 is 87.8 Å². The first-order valence-electron chi connectivity index (χ1n) is 15.2. The van der Waals surface area contributed by atoms with Gasteiger partial charge in [0.25, 0.3) is 5.91 Å². The maximum Gasteiger partial charge on any atom is 0.343 e. The van der Waals surface area contributed by atoms with E-state index in [1.54, 1.807) is 4.67 Å². The van der Waals surface area contributed by atoms with Crippen molar-refractivity contribution in [3.63, 3.8) is 0 Å². The van der Waals surface area contributed by atoms with E-state index in [4.69, 9.17) is 39.3 Å². The number of aromatic hydroxyl groups is 2. The Kier molecular flexibility index (Phi) is 16.8. The number of benzene rings is 2. The summed E-state index contributed by atoms with van der Waals surface area (Å²) in [6.45, 7) is 2.28. The van der Waals surface area contributed by atoms with Gasteiger partial charge in [-0.25, -0.2) is 9.76 Å². The molecule has 0 radical (unpaired) electrons. The first-order valence-corrected chi connectivity index (χ1v) is 19.0. The lowest BCUT2D eigenvalue weighted by Gasteiger charge is -2.33. The first kappa shape index (κ1) is 41.6. The number of halogens is 4. The summed E-state index contributed by atoms with van der Waals surface area (Å²) in [6.07, 6.45) is -0.262. The van der Waals surface area contributed by atoms with E-state index in [2.05, 4.69) is 47.3 Å². The lowest BCUT2D eigenvalue weighted by atomic mass is 10.0. The maximum atomic E-state index is 12.6. The van der Waals surface area contributed by atoms with Crippen LogP contribution in [0.2, 0.25) is 5.02 Å². The second-order valence-electron chi connectivity index (χ2n) is 10.8. The molecular weight excluding hydrogens is 808 g/mol. The molecule has 2 aliphatic heterocycles. The summed E-state index contributed by atoms with van der Waals surface area (Å²) in [5.41, 5.74) is 0.475. The molecule has 0 aromatic heterocycles. The summed E-state index contributed by atoms with van der Waals surface area (Å²) in [7, 11) is -2.84. The Labute approximate surface area is 311 Å². The molecule has 1 fully saturated rings. The van der Waals surface area contributed by atoms with E-state index in [-0.39, 0.29) is 38.7 Å². The van der Waals surface area contributed by atoms with Crippen LogP contribution in [0.4, 0.5) is 5.69 Å². The maximum absolute atomic E-state index is 12.6. The van der Waals surface area contributed by atoms with Gasteiger partial charge in [0, 0.05) is 65.8 Å². The zero-order chi connectivity index (χ0) is 36.8. The van der Waals surface area contributed by atoms with Crippen LogP contribution in [0, 0.1) is 0 Å². The molecule has 3 atom stereocenters. The second-order valence-corrected chi connectivity index (χ2v) is 15.0. The van der Waals surface area contributed by atoms with Crippen molar-refractivity contribution in [3.8, 4) is 11.5 Å². The second kappa shape index (κ2) is 20.2. The fraction of sp³-hybridized carbons (Fsp3) is 0.448. The Morgan fingerprint density at radius 3 is 2.46 bits per heavy atom. The number of guanidine groups is 1. The van der Waals surface area contributed by atoms with Crippen molar-refractivity contribution in [1.82, 2.24) is 25.7 Å².